The molecule has 0 saturated carbocycles. The van der Waals surface area contributed by atoms with Crippen molar-refractivity contribution in [2.45, 2.75) is 12.5 Å². The van der Waals surface area contributed by atoms with E-state index in [4.69, 9.17) is 16.3 Å². The smallest absolute Gasteiger partial charge is 0.122 e. The van der Waals surface area contributed by atoms with Crippen LogP contribution >= 0.6 is 11.6 Å². The van der Waals surface area contributed by atoms with Gasteiger partial charge in [0.15, 0.2) is 0 Å². The molecule has 0 radical (unpaired) electrons. The summed E-state index contributed by atoms with van der Waals surface area (Å²) < 4.78 is 5.47. The molecule has 1 heterocycles. The highest BCUT2D eigenvalue weighted by atomic mass is 35.5. The monoisotopic (exact) mass is 273 g/mol. The summed E-state index contributed by atoms with van der Waals surface area (Å²) in [6, 6.07) is 14.5. The highest BCUT2D eigenvalue weighted by Gasteiger charge is 2.23. The fraction of sp³-hybridized carbons (Fsp3) is 0.250. The Labute approximate surface area is 118 Å². The summed E-state index contributed by atoms with van der Waals surface area (Å²) in [5.41, 5.74) is 3.84. The van der Waals surface area contributed by atoms with Crippen molar-refractivity contribution in [1.29, 1.82) is 0 Å². The Balaban J connectivity index is 2.05. The third-order valence-corrected chi connectivity index (χ3v) is 3.88. The van der Waals surface area contributed by atoms with Gasteiger partial charge in [0.05, 0.1) is 13.2 Å². The fourth-order valence-electron chi connectivity index (χ4n) is 2.72. The molecule has 0 amide bonds. The zero-order valence-electron chi connectivity index (χ0n) is 10.8. The van der Waals surface area contributed by atoms with Gasteiger partial charge in [0.2, 0.25) is 0 Å². The predicted molar refractivity (Wildman–Crippen MR) is 78.0 cm³/mol. The number of ether oxygens (including phenoxy) is 1. The van der Waals surface area contributed by atoms with E-state index in [-0.39, 0.29) is 6.04 Å². The molecular formula is C16H16ClNO. The second-order valence-corrected chi connectivity index (χ2v) is 5.15. The van der Waals surface area contributed by atoms with Crippen molar-refractivity contribution < 1.29 is 4.74 Å². The highest BCUT2D eigenvalue weighted by Crippen LogP contribution is 2.34. The number of rotatable bonds is 2. The topological polar surface area (TPSA) is 21.3 Å². The molecule has 0 fully saturated rings. The highest BCUT2D eigenvalue weighted by molar-refractivity contribution is 6.30. The van der Waals surface area contributed by atoms with Gasteiger partial charge < -0.3 is 10.1 Å². The molecule has 2 nitrogen and oxygen atoms in total. The van der Waals surface area contributed by atoms with Crippen LogP contribution in [0.2, 0.25) is 5.02 Å². The minimum absolute atomic E-state index is 0.219. The van der Waals surface area contributed by atoms with Gasteiger partial charge in [-0.3, -0.25) is 0 Å². The van der Waals surface area contributed by atoms with Gasteiger partial charge in [0, 0.05) is 17.1 Å². The normalized spacial score (nSPS) is 17.9. The molecule has 0 spiro atoms. The number of benzene rings is 2. The Morgan fingerprint density at radius 3 is 2.68 bits per heavy atom. The summed E-state index contributed by atoms with van der Waals surface area (Å²) in [5, 5.41) is 4.33. The largest absolute Gasteiger partial charge is 0.496 e. The van der Waals surface area contributed by atoms with Gasteiger partial charge >= 0.3 is 0 Å². The first-order valence-electron chi connectivity index (χ1n) is 6.44. The van der Waals surface area contributed by atoms with Gasteiger partial charge in [0.1, 0.15) is 5.75 Å². The molecule has 0 aromatic heterocycles. The van der Waals surface area contributed by atoms with Crippen LogP contribution in [-0.4, -0.2) is 13.7 Å². The lowest BCUT2D eigenvalue weighted by Gasteiger charge is -2.28. The molecule has 98 valence electrons. The Bertz CT molecular complexity index is 580. The Morgan fingerprint density at radius 1 is 1.16 bits per heavy atom. The molecule has 3 rings (SSSR count). The number of hydrogen-bond acceptors (Lipinski definition) is 2. The summed E-state index contributed by atoms with van der Waals surface area (Å²) in [6.07, 6.45) is 1.00. The standard InChI is InChI=1S/C16H16ClNO/c1-19-15-4-2-3-14-13(15)9-10-18-16(14)11-5-7-12(17)8-6-11/h2-8,16,18H,9-10H2,1H3. The Morgan fingerprint density at radius 2 is 1.95 bits per heavy atom. The fourth-order valence-corrected chi connectivity index (χ4v) is 2.84. The van der Waals surface area contributed by atoms with Crippen LogP contribution in [0.25, 0.3) is 0 Å². The van der Waals surface area contributed by atoms with Crippen LogP contribution in [0.3, 0.4) is 0 Å². The minimum Gasteiger partial charge on any atom is -0.496 e. The summed E-state index contributed by atoms with van der Waals surface area (Å²) in [7, 11) is 1.73. The number of hydrogen-bond donors (Lipinski definition) is 1. The molecule has 2 aromatic rings. The van der Waals surface area contributed by atoms with Gasteiger partial charge in [-0.1, -0.05) is 35.9 Å². The van der Waals surface area contributed by atoms with Crippen LogP contribution < -0.4 is 10.1 Å². The van der Waals surface area contributed by atoms with Crippen LogP contribution in [0.15, 0.2) is 42.5 Å². The third kappa shape index (κ3) is 2.34. The van der Waals surface area contributed by atoms with Crippen molar-refractivity contribution in [2.75, 3.05) is 13.7 Å². The molecule has 3 heteroatoms. The molecule has 0 bridgehead atoms. The van der Waals surface area contributed by atoms with Crippen molar-refractivity contribution in [3.63, 3.8) is 0 Å². The van der Waals surface area contributed by atoms with Crippen LogP contribution in [0, 0.1) is 0 Å². The summed E-state index contributed by atoms with van der Waals surface area (Å²) in [5.74, 6) is 0.984. The molecular weight excluding hydrogens is 258 g/mol. The van der Waals surface area contributed by atoms with Crippen LogP contribution in [0.1, 0.15) is 22.7 Å². The second kappa shape index (κ2) is 5.24. The Hall–Kier alpha value is -1.51. The molecule has 1 aliphatic rings. The minimum atomic E-state index is 0.219. The molecule has 1 aliphatic heterocycles. The maximum Gasteiger partial charge on any atom is 0.122 e. The lowest BCUT2D eigenvalue weighted by molar-refractivity contribution is 0.403. The second-order valence-electron chi connectivity index (χ2n) is 4.72. The molecule has 19 heavy (non-hydrogen) atoms. The average Bonchev–Trinajstić information content (AvgIpc) is 2.47. The van der Waals surface area contributed by atoms with Gasteiger partial charge in [-0.15, -0.1) is 0 Å². The van der Waals surface area contributed by atoms with Gasteiger partial charge in [-0.25, -0.2) is 0 Å². The SMILES string of the molecule is COc1cccc2c1CCNC2c1ccc(Cl)cc1. The van der Waals surface area contributed by atoms with Gasteiger partial charge in [-0.05, 0) is 35.7 Å². The maximum absolute atomic E-state index is 5.96. The summed E-state index contributed by atoms with van der Waals surface area (Å²) >= 11 is 5.96. The maximum atomic E-state index is 5.96. The van der Waals surface area contributed by atoms with E-state index in [1.807, 2.05) is 24.3 Å². The molecule has 2 aromatic carbocycles. The zero-order chi connectivity index (χ0) is 13.2. The van der Waals surface area contributed by atoms with Crippen molar-refractivity contribution in [1.82, 2.24) is 5.32 Å². The van der Waals surface area contributed by atoms with E-state index in [1.54, 1.807) is 7.11 Å². The number of nitrogens with one attached hydrogen (secondary N) is 1. The van der Waals surface area contributed by atoms with Crippen molar-refractivity contribution >= 4 is 11.6 Å². The molecule has 0 aliphatic carbocycles. The first kappa shape index (κ1) is 12.5. The lowest BCUT2D eigenvalue weighted by Crippen LogP contribution is -2.30. The molecule has 0 saturated heterocycles. The van der Waals surface area contributed by atoms with Gasteiger partial charge in [-0.2, -0.15) is 0 Å². The van der Waals surface area contributed by atoms with Crippen molar-refractivity contribution in [3.05, 3.63) is 64.2 Å². The first-order valence-corrected chi connectivity index (χ1v) is 6.82. The number of halogens is 1. The predicted octanol–water partition coefficient (Wildman–Crippen LogP) is 3.58. The molecule has 1 N–H and O–H groups in total. The molecule has 1 unspecified atom stereocenters. The first-order chi connectivity index (χ1) is 9.29. The van der Waals surface area contributed by atoms with Gasteiger partial charge in [0.25, 0.3) is 0 Å². The van der Waals surface area contributed by atoms with Crippen LogP contribution in [0.4, 0.5) is 0 Å². The van der Waals surface area contributed by atoms with E-state index >= 15 is 0 Å². The van der Waals surface area contributed by atoms with E-state index in [0.717, 1.165) is 23.7 Å². The van der Waals surface area contributed by atoms with Crippen LogP contribution in [0.5, 0.6) is 5.75 Å². The third-order valence-electron chi connectivity index (χ3n) is 3.63. The van der Waals surface area contributed by atoms with Crippen molar-refractivity contribution in [3.8, 4) is 5.75 Å². The van der Waals surface area contributed by atoms with E-state index in [2.05, 4.69) is 23.5 Å². The Kier molecular flexibility index (Phi) is 3.45. The summed E-state index contributed by atoms with van der Waals surface area (Å²) in [6.45, 7) is 0.959. The molecule has 1 atom stereocenters. The number of fused-ring (bicyclic) bond motifs is 1. The summed E-state index contributed by atoms with van der Waals surface area (Å²) in [4.78, 5) is 0. The quantitative estimate of drug-likeness (QED) is 0.903. The zero-order valence-corrected chi connectivity index (χ0v) is 11.6. The lowest BCUT2D eigenvalue weighted by atomic mass is 9.89. The van der Waals surface area contributed by atoms with Crippen LogP contribution in [-0.2, 0) is 6.42 Å². The van der Waals surface area contributed by atoms with E-state index in [9.17, 15) is 0 Å². The average molecular weight is 274 g/mol. The van der Waals surface area contributed by atoms with Crippen molar-refractivity contribution in [2.24, 2.45) is 0 Å². The van der Waals surface area contributed by atoms with E-state index < -0.39 is 0 Å². The van der Waals surface area contributed by atoms with E-state index in [1.165, 1.54) is 16.7 Å². The van der Waals surface area contributed by atoms with E-state index in [0.29, 0.717) is 0 Å². The number of methoxy groups -OCH3 is 1.